The van der Waals surface area contributed by atoms with Gasteiger partial charge in [-0.15, -0.1) is 0 Å². The number of nitrogens with two attached hydrogens (primary N) is 1. The molecule has 6 nitrogen and oxygen atoms in total. The summed E-state index contributed by atoms with van der Waals surface area (Å²) in [6.45, 7) is 1.56. The molecule has 0 aliphatic carbocycles. The lowest BCUT2D eigenvalue weighted by Crippen LogP contribution is -2.23. The summed E-state index contributed by atoms with van der Waals surface area (Å²) >= 11 is 5.88. The van der Waals surface area contributed by atoms with Gasteiger partial charge in [0.1, 0.15) is 11.4 Å². The van der Waals surface area contributed by atoms with Crippen LogP contribution in [0.2, 0.25) is 5.02 Å². The predicted octanol–water partition coefficient (Wildman–Crippen LogP) is 1.84. The molecule has 0 spiro atoms. The zero-order valence-electron chi connectivity index (χ0n) is 10.3. The quantitative estimate of drug-likeness (QED) is 0.827. The van der Waals surface area contributed by atoms with E-state index < -0.39 is 22.8 Å². The van der Waals surface area contributed by atoms with E-state index in [2.05, 4.69) is 10.1 Å². The first-order valence-electron chi connectivity index (χ1n) is 5.52. The highest BCUT2D eigenvalue weighted by molar-refractivity contribution is 6.33. The van der Waals surface area contributed by atoms with Crippen molar-refractivity contribution in [2.24, 2.45) is 5.10 Å². The molecule has 0 aliphatic heterocycles. The van der Waals surface area contributed by atoms with Crippen molar-refractivity contribution in [2.75, 3.05) is 5.73 Å². The number of aromatic hydroxyl groups is 1. The van der Waals surface area contributed by atoms with E-state index in [0.717, 1.165) is 10.7 Å². The zero-order valence-corrected chi connectivity index (χ0v) is 11.1. The fourth-order valence-corrected chi connectivity index (χ4v) is 1.96. The molecule has 0 fully saturated rings. The molecule has 0 radical (unpaired) electrons. The Morgan fingerprint density at radius 2 is 2.20 bits per heavy atom. The van der Waals surface area contributed by atoms with Crippen molar-refractivity contribution < 1.29 is 9.50 Å². The molecule has 0 saturated heterocycles. The number of halogens is 2. The summed E-state index contributed by atoms with van der Waals surface area (Å²) in [7, 11) is 0. The Morgan fingerprint density at radius 1 is 1.50 bits per heavy atom. The normalized spacial score (nSPS) is 11.2. The van der Waals surface area contributed by atoms with Crippen LogP contribution in [-0.2, 0) is 0 Å². The summed E-state index contributed by atoms with van der Waals surface area (Å²) < 4.78 is 14.6. The van der Waals surface area contributed by atoms with Gasteiger partial charge >= 0.3 is 0 Å². The van der Waals surface area contributed by atoms with Crippen molar-refractivity contribution in [2.45, 2.75) is 6.92 Å². The van der Waals surface area contributed by atoms with Gasteiger partial charge in [-0.1, -0.05) is 17.7 Å². The average Bonchev–Trinajstić information content (AvgIpc) is 2.37. The molecule has 0 unspecified atom stereocenters. The number of anilines is 1. The van der Waals surface area contributed by atoms with Crippen LogP contribution in [0.25, 0.3) is 11.1 Å². The summed E-state index contributed by atoms with van der Waals surface area (Å²) in [5.41, 5.74) is 4.02. The zero-order chi connectivity index (χ0) is 14.9. The van der Waals surface area contributed by atoms with Crippen LogP contribution in [0.4, 0.5) is 10.3 Å². The lowest BCUT2D eigenvalue weighted by Gasteiger charge is -2.10. The standard InChI is InChI=1S/C12H10ClFN4O2/c1-2-16-18-11(20)9(10(19)17-12(18)15)8-6(13)4-3-5-7(8)14/h2-5,19H,1H3,(H2,15,17)/b16-2-. The third kappa shape index (κ3) is 2.23. The minimum Gasteiger partial charge on any atom is -0.493 e. The van der Waals surface area contributed by atoms with Crippen LogP contribution in [0.15, 0.2) is 28.1 Å². The molecule has 1 heterocycles. The molecule has 8 heteroatoms. The van der Waals surface area contributed by atoms with Crippen LogP contribution in [0.1, 0.15) is 6.92 Å². The van der Waals surface area contributed by atoms with Gasteiger partial charge in [0.05, 0.1) is 5.02 Å². The van der Waals surface area contributed by atoms with E-state index in [0.29, 0.717) is 0 Å². The molecule has 0 aliphatic rings. The maximum Gasteiger partial charge on any atom is 0.287 e. The molecule has 3 N–H and O–H groups in total. The predicted molar refractivity (Wildman–Crippen MR) is 74.5 cm³/mol. The maximum atomic E-state index is 13.9. The van der Waals surface area contributed by atoms with Gasteiger partial charge in [0, 0.05) is 11.8 Å². The Hall–Kier alpha value is -2.41. The molecular weight excluding hydrogens is 287 g/mol. The van der Waals surface area contributed by atoms with Crippen molar-refractivity contribution in [3.05, 3.63) is 39.4 Å². The maximum absolute atomic E-state index is 13.9. The monoisotopic (exact) mass is 296 g/mol. The minimum atomic E-state index is -0.819. The first-order valence-corrected chi connectivity index (χ1v) is 5.90. The Bertz CT molecular complexity index is 738. The summed E-state index contributed by atoms with van der Waals surface area (Å²) in [5.74, 6) is -1.78. The Labute approximate surface area is 117 Å². The lowest BCUT2D eigenvalue weighted by atomic mass is 10.1. The lowest BCUT2D eigenvalue weighted by molar-refractivity contribution is 0.451. The molecule has 2 rings (SSSR count). The van der Waals surface area contributed by atoms with Gasteiger partial charge < -0.3 is 10.8 Å². The van der Waals surface area contributed by atoms with Crippen molar-refractivity contribution >= 4 is 23.8 Å². The molecule has 0 bridgehead atoms. The molecule has 0 saturated carbocycles. The van der Waals surface area contributed by atoms with Crippen molar-refractivity contribution in [1.29, 1.82) is 0 Å². The van der Waals surface area contributed by atoms with Gasteiger partial charge in [-0.25, -0.2) is 4.39 Å². The molecule has 0 atom stereocenters. The number of hydrogen-bond donors (Lipinski definition) is 2. The topological polar surface area (TPSA) is 93.5 Å². The van der Waals surface area contributed by atoms with Crippen LogP contribution in [-0.4, -0.2) is 21.0 Å². The molecule has 1 aromatic carbocycles. The second-order valence-electron chi connectivity index (χ2n) is 3.76. The molecule has 0 amide bonds. The van der Waals surface area contributed by atoms with Crippen molar-refractivity contribution in [3.8, 4) is 17.0 Å². The van der Waals surface area contributed by atoms with Gasteiger partial charge in [-0.2, -0.15) is 14.8 Å². The van der Waals surface area contributed by atoms with E-state index in [1.807, 2.05) is 0 Å². The number of aromatic nitrogens is 2. The van der Waals surface area contributed by atoms with Crippen molar-refractivity contribution in [1.82, 2.24) is 9.66 Å². The third-order valence-corrected chi connectivity index (χ3v) is 2.83. The summed E-state index contributed by atoms with van der Waals surface area (Å²) in [6.07, 6.45) is 1.31. The number of hydrogen-bond acceptors (Lipinski definition) is 5. The smallest absolute Gasteiger partial charge is 0.287 e. The van der Waals surface area contributed by atoms with Crippen LogP contribution in [0, 0.1) is 5.82 Å². The number of rotatable bonds is 2. The summed E-state index contributed by atoms with van der Waals surface area (Å²) in [5, 5.41) is 13.5. The van der Waals surface area contributed by atoms with Crippen LogP contribution in [0.3, 0.4) is 0 Å². The Kier molecular flexibility index (Phi) is 3.71. The molecule has 104 valence electrons. The molecular formula is C12H10ClFN4O2. The van der Waals surface area contributed by atoms with Gasteiger partial charge in [0.25, 0.3) is 5.56 Å². The highest BCUT2D eigenvalue weighted by Crippen LogP contribution is 2.32. The Morgan fingerprint density at radius 3 is 2.80 bits per heavy atom. The highest BCUT2D eigenvalue weighted by Gasteiger charge is 2.21. The fraction of sp³-hybridized carbons (Fsp3) is 0.0833. The SMILES string of the molecule is C/C=N\n1c(N)nc(O)c(-c2c(F)cccc2Cl)c1=O. The van der Waals surface area contributed by atoms with Gasteiger partial charge in [-0.05, 0) is 19.1 Å². The van der Waals surface area contributed by atoms with E-state index >= 15 is 0 Å². The van der Waals surface area contributed by atoms with E-state index in [-0.39, 0.29) is 16.5 Å². The van der Waals surface area contributed by atoms with Crippen LogP contribution >= 0.6 is 11.6 Å². The fourth-order valence-electron chi connectivity index (χ4n) is 1.70. The second kappa shape index (κ2) is 5.30. The number of benzene rings is 1. The summed E-state index contributed by atoms with van der Waals surface area (Å²) in [6, 6.07) is 3.89. The number of nitrogens with zero attached hydrogens (tertiary/aromatic N) is 3. The molecule has 20 heavy (non-hydrogen) atoms. The van der Waals surface area contributed by atoms with Gasteiger partial charge in [0.15, 0.2) is 0 Å². The Balaban J connectivity index is 2.89. The first kappa shape index (κ1) is 14.0. The molecule has 1 aromatic heterocycles. The molecule has 2 aromatic rings. The average molecular weight is 297 g/mol. The van der Waals surface area contributed by atoms with Crippen LogP contribution < -0.4 is 11.3 Å². The van der Waals surface area contributed by atoms with Gasteiger partial charge in [-0.3, -0.25) is 4.79 Å². The van der Waals surface area contributed by atoms with E-state index in [1.54, 1.807) is 6.92 Å². The van der Waals surface area contributed by atoms with E-state index in [9.17, 15) is 14.3 Å². The third-order valence-electron chi connectivity index (χ3n) is 2.51. The second-order valence-corrected chi connectivity index (χ2v) is 4.16. The van der Waals surface area contributed by atoms with E-state index in [4.69, 9.17) is 17.3 Å². The minimum absolute atomic E-state index is 0.0315. The summed E-state index contributed by atoms with van der Waals surface area (Å²) in [4.78, 5) is 15.8. The number of nitrogen functional groups attached to an aromatic ring is 1. The van der Waals surface area contributed by atoms with E-state index in [1.165, 1.54) is 18.3 Å². The highest BCUT2D eigenvalue weighted by atomic mass is 35.5. The first-order chi connectivity index (χ1) is 9.47. The van der Waals surface area contributed by atoms with Gasteiger partial charge in [0.2, 0.25) is 11.8 Å². The van der Waals surface area contributed by atoms with Crippen LogP contribution in [0.5, 0.6) is 5.88 Å². The largest absolute Gasteiger partial charge is 0.493 e. The van der Waals surface area contributed by atoms with Crippen molar-refractivity contribution in [3.63, 3.8) is 0 Å².